The molecule has 1 rings (SSSR count). The molecule has 0 radical (unpaired) electrons. The van der Waals surface area contributed by atoms with E-state index in [1.54, 1.807) is 11.9 Å². The van der Waals surface area contributed by atoms with E-state index in [0.29, 0.717) is 13.0 Å². The molecule has 0 aliphatic carbocycles. The van der Waals surface area contributed by atoms with Gasteiger partial charge in [-0.15, -0.1) is 0 Å². The molecule has 1 N–H and O–H groups in total. The van der Waals surface area contributed by atoms with Crippen LogP contribution in [0.25, 0.3) is 0 Å². The van der Waals surface area contributed by atoms with Crippen LogP contribution in [0.15, 0.2) is 30.3 Å². The summed E-state index contributed by atoms with van der Waals surface area (Å²) in [7, 11) is 1.71. The van der Waals surface area contributed by atoms with E-state index in [-0.39, 0.29) is 18.4 Å². The molecule has 0 bridgehead atoms. The molecule has 0 aliphatic rings. The maximum Gasteiger partial charge on any atom is 0.241 e. The van der Waals surface area contributed by atoms with Crippen molar-refractivity contribution in [2.45, 2.75) is 13.3 Å². The van der Waals surface area contributed by atoms with Gasteiger partial charge in [0.2, 0.25) is 11.8 Å². The van der Waals surface area contributed by atoms with Gasteiger partial charge in [-0.25, -0.2) is 0 Å². The first-order chi connectivity index (χ1) is 8.13. The standard InChI is InChI=1S/C13H18N2O2/c1-3-15(2)13(17)10-14-12(16)9-11-7-5-4-6-8-11/h4-8H,3,9-10H2,1-2H3,(H,14,16). The van der Waals surface area contributed by atoms with Gasteiger partial charge in [0.05, 0.1) is 13.0 Å². The maximum atomic E-state index is 11.5. The first-order valence-electron chi connectivity index (χ1n) is 5.68. The molecule has 1 aromatic rings. The van der Waals surface area contributed by atoms with E-state index in [1.165, 1.54) is 0 Å². The third kappa shape index (κ3) is 4.68. The highest BCUT2D eigenvalue weighted by molar-refractivity contribution is 5.85. The summed E-state index contributed by atoms with van der Waals surface area (Å²) in [6, 6.07) is 9.46. The molecule has 0 saturated carbocycles. The van der Waals surface area contributed by atoms with E-state index in [4.69, 9.17) is 0 Å². The number of likely N-dealkylation sites (N-methyl/N-ethyl adjacent to an activating group) is 1. The summed E-state index contributed by atoms with van der Waals surface area (Å²) in [6.45, 7) is 2.60. The number of carbonyl (C=O) groups excluding carboxylic acids is 2. The highest BCUT2D eigenvalue weighted by atomic mass is 16.2. The van der Waals surface area contributed by atoms with Crippen LogP contribution in [-0.4, -0.2) is 36.9 Å². The molecule has 0 spiro atoms. The average molecular weight is 234 g/mol. The van der Waals surface area contributed by atoms with Gasteiger partial charge in [-0.2, -0.15) is 0 Å². The Morgan fingerprint density at radius 2 is 1.88 bits per heavy atom. The van der Waals surface area contributed by atoms with Gasteiger partial charge in [-0.3, -0.25) is 9.59 Å². The number of hydrogen-bond acceptors (Lipinski definition) is 2. The fourth-order valence-electron chi connectivity index (χ4n) is 1.33. The number of benzene rings is 1. The number of amides is 2. The molecule has 0 aliphatic heterocycles. The lowest BCUT2D eigenvalue weighted by Crippen LogP contribution is -2.38. The molecule has 1 aromatic carbocycles. The molecule has 0 heterocycles. The van der Waals surface area contributed by atoms with Crippen LogP contribution in [0.1, 0.15) is 12.5 Å². The lowest BCUT2D eigenvalue weighted by atomic mass is 10.1. The van der Waals surface area contributed by atoms with Crippen molar-refractivity contribution in [2.75, 3.05) is 20.1 Å². The summed E-state index contributed by atoms with van der Waals surface area (Å²) in [6.07, 6.45) is 0.309. The molecule has 2 amide bonds. The molecule has 4 nitrogen and oxygen atoms in total. The number of nitrogens with zero attached hydrogens (tertiary/aromatic N) is 1. The fraction of sp³-hybridized carbons (Fsp3) is 0.385. The molecule has 0 atom stereocenters. The average Bonchev–Trinajstić information content (AvgIpc) is 2.36. The summed E-state index contributed by atoms with van der Waals surface area (Å²) in [5.41, 5.74) is 0.946. The summed E-state index contributed by atoms with van der Waals surface area (Å²) in [4.78, 5) is 24.6. The van der Waals surface area contributed by atoms with Crippen molar-refractivity contribution in [3.05, 3.63) is 35.9 Å². The van der Waals surface area contributed by atoms with Gasteiger partial charge in [0, 0.05) is 13.6 Å². The van der Waals surface area contributed by atoms with Gasteiger partial charge in [0.15, 0.2) is 0 Å². The molecule has 92 valence electrons. The minimum absolute atomic E-state index is 0.0655. The van der Waals surface area contributed by atoms with Gasteiger partial charge in [-0.05, 0) is 12.5 Å². The molecular weight excluding hydrogens is 216 g/mol. The van der Waals surface area contributed by atoms with Crippen LogP contribution in [0.2, 0.25) is 0 Å². The van der Waals surface area contributed by atoms with Crippen LogP contribution in [-0.2, 0) is 16.0 Å². The molecule has 17 heavy (non-hydrogen) atoms. The maximum absolute atomic E-state index is 11.5. The number of carbonyl (C=O) groups is 2. The second-order valence-electron chi connectivity index (χ2n) is 3.85. The Morgan fingerprint density at radius 3 is 2.47 bits per heavy atom. The van der Waals surface area contributed by atoms with Crippen LogP contribution >= 0.6 is 0 Å². The Morgan fingerprint density at radius 1 is 1.24 bits per heavy atom. The van der Waals surface area contributed by atoms with Crippen molar-refractivity contribution < 1.29 is 9.59 Å². The first-order valence-corrected chi connectivity index (χ1v) is 5.68. The first kappa shape index (κ1) is 13.2. The predicted molar refractivity (Wildman–Crippen MR) is 66.5 cm³/mol. The number of nitrogens with one attached hydrogen (secondary N) is 1. The predicted octanol–water partition coefficient (Wildman–Crippen LogP) is 0.824. The number of hydrogen-bond donors (Lipinski definition) is 1. The van der Waals surface area contributed by atoms with Gasteiger partial charge in [-0.1, -0.05) is 30.3 Å². The second kappa shape index (κ2) is 6.68. The Hall–Kier alpha value is -1.84. The zero-order valence-corrected chi connectivity index (χ0v) is 10.3. The van der Waals surface area contributed by atoms with E-state index in [0.717, 1.165) is 5.56 Å². The van der Waals surface area contributed by atoms with Crippen LogP contribution in [0.5, 0.6) is 0 Å². The second-order valence-corrected chi connectivity index (χ2v) is 3.85. The Labute approximate surface area is 102 Å². The van der Waals surface area contributed by atoms with E-state index in [2.05, 4.69) is 5.32 Å². The van der Waals surface area contributed by atoms with E-state index in [9.17, 15) is 9.59 Å². The van der Waals surface area contributed by atoms with Crippen LogP contribution in [0.3, 0.4) is 0 Å². The molecule has 0 unspecified atom stereocenters. The van der Waals surface area contributed by atoms with Crippen molar-refractivity contribution in [3.63, 3.8) is 0 Å². The molecule has 0 saturated heterocycles. The van der Waals surface area contributed by atoms with Crippen molar-refractivity contribution in [3.8, 4) is 0 Å². The molecule has 0 fully saturated rings. The van der Waals surface area contributed by atoms with Gasteiger partial charge in [0.25, 0.3) is 0 Å². The lowest BCUT2D eigenvalue weighted by molar-refractivity contribution is -0.131. The van der Waals surface area contributed by atoms with E-state index >= 15 is 0 Å². The van der Waals surface area contributed by atoms with Gasteiger partial charge < -0.3 is 10.2 Å². The highest BCUT2D eigenvalue weighted by Gasteiger charge is 2.08. The molecule has 4 heteroatoms. The Balaban J connectivity index is 2.34. The van der Waals surface area contributed by atoms with Crippen molar-refractivity contribution in [1.29, 1.82) is 0 Å². The zero-order valence-electron chi connectivity index (χ0n) is 10.3. The monoisotopic (exact) mass is 234 g/mol. The van der Waals surface area contributed by atoms with E-state index < -0.39 is 0 Å². The largest absolute Gasteiger partial charge is 0.347 e. The van der Waals surface area contributed by atoms with Gasteiger partial charge in [0.1, 0.15) is 0 Å². The van der Waals surface area contributed by atoms with Crippen molar-refractivity contribution in [2.24, 2.45) is 0 Å². The summed E-state index contributed by atoms with van der Waals surface area (Å²) < 4.78 is 0. The quantitative estimate of drug-likeness (QED) is 0.820. The summed E-state index contributed by atoms with van der Waals surface area (Å²) in [5, 5.41) is 2.62. The normalized spacial score (nSPS) is 9.76. The Bertz CT molecular complexity index is 376. The van der Waals surface area contributed by atoms with Crippen LogP contribution in [0.4, 0.5) is 0 Å². The van der Waals surface area contributed by atoms with Crippen LogP contribution in [0, 0.1) is 0 Å². The molecular formula is C13H18N2O2. The smallest absolute Gasteiger partial charge is 0.241 e. The third-order valence-electron chi connectivity index (χ3n) is 2.54. The third-order valence-corrected chi connectivity index (χ3v) is 2.54. The van der Waals surface area contributed by atoms with Crippen molar-refractivity contribution >= 4 is 11.8 Å². The van der Waals surface area contributed by atoms with Crippen LogP contribution < -0.4 is 5.32 Å². The Kier molecular flexibility index (Phi) is 5.20. The fourth-order valence-corrected chi connectivity index (χ4v) is 1.33. The van der Waals surface area contributed by atoms with Crippen molar-refractivity contribution in [1.82, 2.24) is 10.2 Å². The SMILES string of the molecule is CCN(C)C(=O)CNC(=O)Cc1ccccc1. The topological polar surface area (TPSA) is 49.4 Å². The van der Waals surface area contributed by atoms with E-state index in [1.807, 2.05) is 37.3 Å². The minimum atomic E-state index is -0.131. The number of rotatable bonds is 5. The summed E-state index contributed by atoms with van der Waals surface area (Å²) >= 11 is 0. The molecule has 0 aromatic heterocycles. The lowest BCUT2D eigenvalue weighted by Gasteiger charge is -2.14. The zero-order chi connectivity index (χ0) is 12.7. The summed E-state index contributed by atoms with van der Waals surface area (Å²) in [5.74, 6) is -0.206. The minimum Gasteiger partial charge on any atom is -0.347 e. The highest BCUT2D eigenvalue weighted by Crippen LogP contribution is 1.98. The van der Waals surface area contributed by atoms with Gasteiger partial charge >= 0.3 is 0 Å².